The van der Waals surface area contributed by atoms with Crippen LogP contribution < -0.4 is 0 Å². The lowest BCUT2D eigenvalue weighted by Gasteiger charge is -2.28. The van der Waals surface area contributed by atoms with Crippen LogP contribution in [0.4, 0.5) is 0 Å². The molecule has 4 atom stereocenters. The number of ether oxygens (including phenoxy) is 1. The smallest absolute Gasteiger partial charge is 0.306 e. The second kappa shape index (κ2) is 15.5. The van der Waals surface area contributed by atoms with Crippen molar-refractivity contribution >= 4 is 5.97 Å². The Bertz CT molecular complexity index is 325. The van der Waals surface area contributed by atoms with Gasteiger partial charge in [0.2, 0.25) is 0 Å². The fourth-order valence-electron chi connectivity index (χ4n) is 2.60. The van der Waals surface area contributed by atoms with Gasteiger partial charge in [0.15, 0.2) is 6.10 Å². The van der Waals surface area contributed by atoms with Gasteiger partial charge in [-0.15, -0.1) is 0 Å². The van der Waals surface area contributed by atoms with Gasteiger partial charge in [-0.3, -0.25) is 4.79 Å². The van der Waals surface area contributed by atoms with Crippen LogP contribution in [-0.4, -0.2) is 69.1 Å². The van der Waals surface area contributed by atoms with Gasteiger partial charge >= 0.3 is 5.97 Å². The summed E-state index contributed by atoms with van der Waals surface area (Å²) in [5.41, 5.74) is 0. The van der Waals surface area contributed by atoms with Gasteiger partial charge in [-0.25, -0.2) is 0 Å². The summed E-state index contributed by atoms with van der Waals surface area (Å²) >= 11 is 0. The first-order valence-electron chi connectivity index (χ1n) is 9.43. The maximum Gasteiger partial charge on any atom is 0.306 e. The van der Waals surface area contributed by atoms with E-state index in [2.05, 4.69) is 6.92 Å². The maximum absolute atomic E-state index is 11.8. The van der Waals surface area contributed by atoms with Crippen molar-refractivity contribution in [1.29, 1.82) is 0 Å². The number of aliphatic hydroxyl groups is 5. The van der Waals surface area contributed by atoms with E-state index in [1.807, 2.05) is 0 Å². The van der Waals surface area contributed by atoms with Crippen molar-refractivity contribution < 1.29 is 35.1 Å². The Morgan fingerprint density at radius 2 is 1.28 bits per heavy atom. The lowest BCUT2D eigenvalue weighted by Crippen LogP contribution is -2.49. The average molecular weight is 364 g/mol. The van der Waals surface area contributed by atoms with E-state index in [-0.39, 0.29) is 6.42 Å². The van der Waals surface area contributed by atoms with E-state index in [1.54, 1.807) is 0 Å². The molecule has 0 saturated carbocycles. The van der Waals surface area contributed by atoms with Crippen molar-refractivity contribution in [2.75, 3.05) is 13.2 Å². The van der Waals surface area contributed by atoms with Gasteiger partial charge in [0.25, 0.3) is 0 Å². The van der Waals surface area contributed by atoms with Crippen LogP contribution in [0, 0.1) is 0 Å². The molecule has 0 aromatic carbocycles. The highest BCUT2D eigenvalue weighted by Crippen LogP contribution is 2.14. The summed E-state index contributed by atoms with van der Waals surface area (Å²) in [5.74, 6) is -0.607. The van der Waals surface area contributed by atoms with Crippen LogP contribution in [0.15, 0.2) is 0 Å². The molecule has 0 saturated heterocycles. The van der Waals surface area contributed by atoms with Crippen molar-refractivity contribution in [2.45, 2.75) is 95.5 Å². The van der Waals surface area contributed by atoms with Crippen LogP contribution in [-0.2, 0) is 9.53 Å². The third-order valence-corrected chi connectivity index (χ3v) is 4.24. The molecule has 0 spiro atoms. The van der Waals surface area contributed by atoms with E-state index < -0.39 is 43.6 Å². The Balaban J connectivity index is 3.99. The minimum atomic E-state index is -1.67. The van der Waals surface area contributed by atoms with Crippen LogP contribution in [0.25, 0.3) is 0 Å². The van der Waals surface area contributed by atoms with Crippen molar-refractivity contribution in [2.24, 2.45) is 0 Å². The average Bonchev–Trinajstić information content (AvgIpc) is 2.62. The summed E-state index contributed by atoms with van der Waals surface area (Å²) in [7, 11) is 0. The molecule has 0 aromatic heterocycles. The van der Waals surface area contributed by atoms with E-state index in [4.69, 9.17) is 14.9 Å². The Morgan fingerprint density at radius 1 is 0.800 bits per heavy atom. The quantitative estimate of drug-likeness (QED) is 0.203. The highest BCUT2D eigenvalue weighted by molar-refractivity contribution is 5.69. The van der Waals surface area contributed by atoms with Gasteiger partial charge in [-0.05, 0) is 6.42 Å². The summed E-state index contributed by atoms with van der Waals surface area (Å²) < 4.78 is 4.99. The number of hydrogen-bond donors (Lipinski definition) is 5. The molecule has 0 amide bonds. The molecule has 0 bridgehead atoms. The molecule has 0 aliphatic carbocycles. The third-order valence-electron chi connectivity index (χ3n) is 4.24. The first kappa shape index (κ1) is 24.3. The summed E-state index contributed by atoms with van der Waals surface area (Å²) in [6, 6.07) is 0. The van der Waals surface area contributed by atoms with Crippen molar-refractivity contribution in [1.82, 2.24) is 0 Å². The zero-order chi connectivity index (χ0) is 19.1. The number of carbonyl (C=O) groups is 1. The molecule has 150 valence electrons. The first-order chi connectivity index (χ1) is 12.0. The Morgan fingerprint density at radius 3 is 1.76 bits per heavy atom. The van der Waals surface area contributed by atoms with Crippen LogP contribution in [0.1, 0.15) is 71.1 Å². The fourth-order valence-corrected chi connectivity index (χ4v) is 2.60. The summed E-state index contributed by atoms with van der Waals surface area (Å²) in [5, 5.41) is 46.7. The van der Waals surface area contributed by atoms with Crippen LogP contribution in [0.2, 0.25) is 0 Å². The molecule has 5 N–H and O–H groups in total. The molecule has 0 aliphatic rings. The molecule has 0 rings (SSSR count). The lowest BCUT2D eigenvalue weighted by atomic mass is 10.0. The number of esters is 1. The molecule has 0 heterocycles. The number of aliphatic hydroxyl groups excluding tert-OH is 5. The highest BCUT2D eigenvalue weighted by Gasteiger charge is 2.34. The molecular weight excluding hydrogens is 328 g/mol. The SMILES string of the molecule is CCCCCCCCCCCC(=O)O[C@@H]([C@H](O)[C@H](O)CO)[C@H](O)CO. The number of carbonyl (C=O) groups excluding carboxylic acids is 1. The van der Waals surface area contributed by atoms with Crippen molar-refractivity contribution in [3.05, 3.63) is 0 Å². The standard InChI is InChI=1S/C18H36O7/c1-2-3-4-5-6-7-8-9-10-11-16(23)25-18(15(22)13-20)17(24)14(21)12-19/h14-15,17-22,24H,2-13H2,1H3/t14-,15-,17-,18-/m1/s1. The Labute approximate surface area is 150 Å². The zero-order valence-electron chi connectivity index (χ0n) is 15.3. The van der Waals surface area contributed by atoms with Gasteiger partial charge in [0.1, 0.15) is 18.3 Å². The van der Waals surface area contributed by atoms with E-state index in [0.29, 0.717) is 6.42 Å². The molecule has 0 radical (unpaired) electrons. The van der Waals surface area contributed by atoms with E-state index in [9.17, 15) is 20.1 Å². The molecule has 25 heavy (non-hydrogen) atoms. The summed E-state index contributed by atoms with van der Waals surface area (Å²) in [4.78, 5) is 11.8. The largest absolute Gasteiger partial charge is 0.457 e. The highest BCUT2D eigenvalue weighted by atomic mass is 16.6. The minimum absolute atomic E-state index is 0.145. The summed E-state index contributed by atoms with van der Waals surface area (Å²) in [6.07, 6.45) is 3.91. The molecular formula is C18H36O7. The third kappa shape index (κ3) is 11.5. The van der Waals surface area contributed by atoms with Crippen LogP contribution in [0.5, 0.6) is 0 Å². The molecule has 0 fully saturated rings. The molecule has 7 heteroatoms. The Hall–Kier alpha value is -0.730. The van der Waals surface area contributed by atoms with Gasteiger partial charge in [-0.1, -0.05) is 58.3 Å². The van der Waals surface area contributed by atoms with Crippen molar-refractivity contribution in [3.63, 3.8) is 0 Å². The number of hydrogen-bond acceptors (Lipinski definition) is 7. The minimum Gasteiger partial charge on any atom is -0.457 e. The van der Waals surface area contributed by atoms with Crippen LogP contribution >= 0.6 is 0 Å². The fraction of sp³-hybridized carbons (Fsp3) is 0.944. The van der Waals surface area contributed by atoms with E-state index in [1.165, 1.54) is 32.1 Å². The number of rotatable bonds is 16. The Kier molecular flexibility index (Phi) is 15.1. The zero-order valence-corrected chi connectivity index (χ0v) is 15.3. The van der Waals surface area contributed by atoms with Gasteiger partial charge in [0.05, 0.1) is 13.2 Å². The molecule has 0 aliphatic heterocycles. The molecule has 7 nitrogen and oxygen atoms in total. The molecule has 0 unspecified atom stereocenters. The first-order valence-corrected chi connectivity index (χ1v) is 9.43. The predicted octanol–water partition coefficient (Wildman–Crippen LogP) is 0.886. The van der Waals surface area contributed by atoms with Crippen molar-refractivity contribution in [3.8, 4) is 0 Å². The van der Waals surface area contributed by atoms with E-state index in [0.717, 1.165) is 19.3 Å². The normalized spacial score (nSPS) is 16.2. The monoisotopic (exact) mass is 364 g/mol. The second-order valence-electron chi connectivity index (χ2n) is 6.52. The van der Waals surface area contributed by atoms with Crippen LogP contribution in [0.3, 0.4) is 0 Å². The predicted molar refractivity (Wildman–Crippen MR) is 93.9 cm³/mol. The molecule has 0 aromatic rings. The van der Waals surface area contributed by atoms with Gasteiger partial charge in [0, 0.05) is 6.42 Å². The second-order valence-corrected chi connectivity index (χ2v) is 6.52. The maximum atomic E-state index is 11.8. The van der Waals surface area contributed by atoms with Gasteiger partial charge in [-0.2, -0.15) is 0 Å². The summed E-state index contributed by atoms with van der Waals surface area (Å²) in [6.45, 7) is 0.712. The van der Waals surface area contributed by atoms with Gasteiger partial charge < -0.3 is 30.3 Å². The lowest BCUT2D eigenvalue weighted by molar-refractivity contribution is -0.177. The number of unbranched alkanes of at least 4 members (excludes halogenated alkanes) is 8. The topological polar surface area (TPSA) is 127 Å². The van der Waals surface area contributed by atoms with E-state index >= 15 is 0 Å².